The van der Waals surface area contributed by atoms with Crippen LogP contribution in [0.2, 0.25) is 0 Å². The summed E-state index contributed by atoms with van der Waals surface area (Å²) in [5, 5.41) is 5.47. The maximum atomic E-state index is 11.9. The molecule has 0 aliphatic carbocycles. The fourth-order valence-electron chi connectivity index (χ4n) is 4.26. The fraction of sp³-hybridized carbons (Fsp3) is 0.743. The Morgan fingerprint density at radius 3 is 1.63 bits per heavy atom. The van der Waals surface area contributed by atoms with E-state index in [4.69, 9.17) is 14.2 Å². The molecule has 1 rings (SSSR count). The molecule has 0 radical (unpaired) electrons. The molecular weight excluding hydrogens is 544 g/mol. The second-order valence-corrected chi connectivity index (χ2v) is 11.9. The monoisotopic (exact) mass is 606 g/mol. The van der Waals surface area contributed by atoms with E-state index in [0.717, 1.165) is 37.2 Å². The number of rotatable bonds is 25. The second-order valence-electron chi connectivity index (χ2n) is 11.9. The summed E-state index contributed by atoms with van der Waals surface area (Å²) in [4.78, 5) is 33.6. The zero-order chi connectivity index (χ0) is 32.0. The molecule has 0 bridgehead atoms. The fourth-order valence-corrected chi connectivity index (χ4v) is 4.26. The Balaban J connectivity index is 0.000000942. The van der Waals surface area contributed by atoms with Gasteiger partial charge in [-0.2, -0.15) is 0 Å². The summed E-state index contributed by atoms with van der Waals surface area (Å²) in [6.45, 7) is 12.1. The molecule has 0 aliphatic rings. The lowest BCUT2D eigenvalue weighted by Gasteiger charge is -2.19. The third kappa shape index (κ3) is 29.4. The Morgan fingerprint density at radius 2 is 1.14 bits per heavy atom. The van der Waals surface area contributed by atoms with Gasteiger partial charge in [-0.05, 0) is 57.9 Å². The number of carbonyl (C=O) groups is 3. The van der Waals surface area contributed by atoms with Gasteiger partial charge in [0.25, 0.3) is 0 Å². The molecule has 248 valence electrons. The second kappa shape index (κ2) is 28.3. The van der Waals surface area contributed by atoms with Crippen LogP contribution in [0, 0.1) is 0 Å². The number of unbranched alkanes of at least 4 members (excludes halogenated alkanes) is 12. The van der Waals surface area contributed by atoms with Gasteiger partial charge < -0.3 is 24.8 Å². The predicted octanol–water partition coefficient (Wildman–Crippen LogP) is 8.84. The lowest BCUT2D eigenvalue weighted by molar-refractivity contribution is -0.156. The highest BCUT2D eigenvalue weighted by atomic mass is 16.6. The molecule has 0 unspecified atom stereocenters. The highest BCUT2D eigenvalue weighted by Crippen LogP contribution is 2.15. The summed E-state index contributed by atoms with van der Waals surface area (Å²) in [5.41, 5.74) is 1.08. The van der Waals surface area contributed by atoms with Gasteiger partial charge in [0.2, 0.25) is 12.3 Å². The van der Waals surface area contributed by atoms with Crippen molar-refractivity contribution in [3.8, 4) is 0 Å². The molecule has 0 spiro atoms. The molecule has 43 heavy (non-hydrogen) atoms. The maximum absolute atomic E-state index is 11.9. The molecule has 2 amide bonds. The first-order valence-electron chi connectivity index (χ1n) is 16.7. The average molecular weight is 607 g/mol. The Hall–Kier alpha value is -2.45. The minimum Gasteiger partial charge on any atom is -0.460 e. The molecule has 8 nitrogen and oxygen atoms in total. The summed E-state index contributed by atoms with van der Waals surface area (Å²) in [5.74, 6) is -0.156. The van der Waals surface area contributed by atoms with Crippen LogP contribution in [0.5, 0.6) is 0 Å². The minimum atomic E-state index is -0.415. The first kappa shape index (κ1) is 40.5. The number of carbonyl (C=O) groups excluding carboxylic acids is 3. The largest absolute Gasteiger partial charge is 0.460 e. The number of nitrogens with one attached hydrogen (secondary N) is 2. The number of hydrogen-bond donors (Lipinski definition) is 2. The standard InChI is InChI=1S/C23H38N2O2.C12H24O4/c1-2-3-4-5-6-7-8-9-10-11-12-13-14-15-23(27)25-22-18-16-21(17-19-22)24-20-26;1-5-7-14-9-10-15-8-6-11(13)16-12(2,3)4/h16-20H,2-15H2,1H3,(H,24,26)(H,25,27);5-10H2,1-4H3. The molecule has 0 aliphatic heterocycles. The molecule has 0 saturated heterocycles. The van der Waals surface area contributed by atoms with Crippen LogP contribution >= 0.6 is 0 Å². The van der Waals surface area contributed by atoms with E-state index in [1.165, 1.54) is 70.6 Å². The number of ether oxygens (including phenoxy) is 3. The van der Waals surface area contributed by atoms with Crippen LogP contribution in [0.25, 0.3) is 0 Å². The third-order valence-electron chi connectivity index (χ3n) is 6.49. The summed E-state index contributed by atoms with van der Waals surface area (Å²) < 4.78 is 15.6. The average Bonchev–Trinajstić information content (AvgIpc) is 2.95. The molecule has 0 fully saturated rings. The van der Waals surface area contributed by atoms with E-state index in [2.05, 4.69) is 24.5 Å². The van der Waals surface area contributed by atoms with E-state index < -0.39 is 5.60 Å². The Bertz CT molecular complexity index is 808. The van der Waals surface area contributed by atoms with Gasteiger partial charge in [0, 0.05) is 24.4 Å². The van der Waals surface area contributed by atoms with Crippen molar-refractivity contribution in [1.82, 2.24) is 0 Å². The topological polar surface area (TPSA) is 103 Å². The molecule has 0 heterocycles. The van der Waals surface area contributed by atoms with Crippen molar-refractivity contribution in [3.63, 3.8) is 0 Å². The minimum absolute atomic E-state index is 0.0640. The van der Waals surface area contributed by atoms with Gasteiger partial charge in [0.1, 0.15) is 5.60 Å². The van der Waals surface area contributed by atoms with Crippen LogP contribution in [0.15, 0.2) is 24.3 Å². The van der Waals surface area contributed by atoms with Crippen LogP contribution in [0.4, 0.5) is 11.4 Å². The predicted molar refractivity (Wildman–Crippen MR) is 177 cm³/mol. The van der Waals surface area contributed by atoms with Gasteiger partial charge in [0.05, 0.1) is 26.2 Å². The van der Waals surface area contributed by atoms with Crippen LogP contribution in [-0.4, -0.2) is 50.3 Å². The summed E-state index contributed by atoms with van der Waals surface area (Å²) in [6, 6.07) is 7.14. The van der Waals surface area contributed by atoms with E-state index in [1.807, 2.05) is 20.8 Å². The number of benzene rings is 1. The maximum Gasteiger partial charge on any atom is 0.308 e. The molecule has 0 saturated carbocycles. The van der Waals surface area contributed by atoms with Gasteiger partial charge >= 0.3 is 5.97 Å². The zero-order valence-electron chi connectivity index (χ0n) is 28.0. The lowest BCUT2D eigenvalue weighted by atomic mass is 10.0. The zero-order valence-corrected chi connectivity index (χ0v) is 28.0. The van der Waals surface area contributed by atoms with Gasteiger partial charge in [-0.1, -0.05) is 90.9 Å². The summed E-state index contributed by atoms with van der Waals surface area (Å²) >= 11 is 0. The van der Waals surface area contributed by atoms with E-state index >= 15 is 0 Å². The van der Waals surface area contributed by atoms with Gasteiger partial charge in [-0.15, -0.1) is 0 Å². The smallest absolute Gasteiger partial charge is 0.308 e. The Kier molecular flexibility index (Phi) is 26.7. The lowest BCUT2D eigenvalue weighted by Crippen LogP contribution is -2.24. The van der Waals surface area contributed by atoms with Crippen molar-refractivity contribution in [2.75, 3.05) is 37.1 Å². The van der Waals surface area contributed by atoms with E-state index in [0.29, 0.717) is 39.1 Å². The van der Waals surface area contributed by atoms with Crippen molar-refractivity contribution >= 4 is 29.7 Å². The van der Waals surface area contributed by atoms with E-state index in [9.17, 15) is 14.4 Å². The number of amides is 2. The van der Waals surface area contributed by atoms with Crippen LogP contribution < -0.4 is 10.6 Å². The normalized spacial score (nSPS) is 10.9. The summed E-state index contributed by atoms with van der Waals surface area (Å²) in [6.07, 6.45) is 19.6. The number of hydrogen-bond acceptors (Lipinski definition) is 6. The van der Waals surface area contributed by atoms with Crippen molar-refractivity contribution in [1.29, 1.82) is 0 Å². The first-order chi connectivity index (χ1) is 20.7. The van der Waals surface area contributed by atoms with Crippen LogP contribution in [0.1, 0.15) is 137 Å². The van der Waals surface area contributed by atoms with Crippen LogP contribution in [-0.2, 0) is 28.6 Å². The highest BCUT2D eigenvalue weighted by Gasteiger charge is 2.15. The SMILES string of the molecule is CCCCCCCCCCCCCCCC(=O)Nc1ccc(NC=O)cc1.CCCOCCOCCC(=O)OC(C)(C)C. The highest BCUT2D eigenvalue weighted by molar-refractivity contribution is 5.91. The van der Waals surface area contributed by atoms with Crippen molar-refractivity contribution in [2.45, 2.75) is 143 Å². The first-order valence-corrected chi connectivity index (χ1v) is 16.7. The third-order valence-corrected chi connectivity index (χ3v) is 6.49. The van der Waals surface area contributed by atoms with Gasteiger partial charge in [0.15, 0.2) is 0 Å². The van der Waals surface area contributed by atoms with E-state index in [-0.39, 0.29) is 11.9 Å². The summed E-state index contributed by atoms with van der Waals surface area (Å²) in [7, 11) is 0. The molecule has 0 atom stereocenters. The van der Waals surface area contributed by atoms with Gasteiger partial charge in [-0.25, -0.2) is 0 Å². The van der Waals surface area contributed by atoms with Crippen molar-refractivity contribution < 1.29 is 28.6 Å². The molecule has 2 N–H and O–H groups in total. The molecule has 0 aromatic heterocycles. The molecule has 8 heteroatoms. The Morgan fingerprint density at radius 1 is 0.651 bits per heavy atom. The van der Waals surface area contributed by atoms with Crippen LogP contribution in [0.3, 0.4) is 0 Å². The quantitative estimate of drug-likeness (QED) is 0.0655. The van der Waals surface area contributed by atoms with Crippen molar-refractivity contribution in [3.05, 3.63) is 24.3 Å². The molecular formula is C35H62N2O6. The van der Waals surface area contributed by atoms with E-state index in [1.54, 1.807) is 24.3 Å². The molecule has 1 aromatic carbocycles. The molecule has 1 aromatic rings. The van der Waals surface area contributed by atoms with Crippen molar-refractivity contribution in [2.24, 2.45) is 0 Å². The number of anilines is 2. The number of esters is 1. The van der Waals surface area contributed by atoms with Gasteiger partial charge in [-0.3, -0.25) is 14.4 Å². The Labute approximate surface area is 262 Å².